The van der Waals surface area contributed by atoms with E-state index in [0.717, 1.165) is 24.1 Å². The zero-order valence-electron chi connectivity index (χ0n) is 12.5. The van der Waals surface area contributed by atoms with E-state index in [9.17, 15) is 9.18 Å². The first-order valence-corrected chi connectivity index (χ1v) is 7.72. The van der Waals surface area contributed by atoms with Gasteiger partial charge in [0, 0.05) is 12.1 Å². The van der Waals surface area contributed by atoms with E-state index in [0.29, 0.717) is 30.3 Å². The Labute approximate surface area is 132 Å². The first-order valence-electron chi connectivity index (χ1n) is 7.72. The van der Waals surface area contributed by atoms with Gasteiger partial charge in [-0.3, -0.25) is 4.79 Å². The smallest absolute Gasteiger partial charge is 0.255 e. The molecule has 0 radical (unpaired) electrons. The molecule has 4 rings (SSSR count). The lowest BCUT2D eigenvalue weighted by molar-refractivity contribution is 0.0913. The number of benzene rings is 1. The molecule has 23 heavy (non-hydrogen) atoms. The van der Waals surface area contributed by atoms with E-state index in [1.807, 2.05) is 0 Å². The maximum absolute atomic E-state index is 13.3. The van der Waals surface area contributed by atoms with Crippen LogP contribution in [0.3, 0.4) is 0 Å². The number of rotatable bonds is 3. The minimum Gasteiger partial charge on any atom is -0.491 e. The van der Waals surface area contributed by atoms with Crippen LogP contribution in [-0.2, 0) is 6.42 Å². The van der Waals surface area contributed by atoms with Crippen molar-refractivity contribution in [3.05, 3.63) is 53.4 Å². The molecule has 118 valence electrons. The first kappa shape index (κ1) is 14.1. The topological polar surface area (TPSA) is 64.1 Å². The SMILES string of the molecule is O=C(N[C@H]1COc2ccc(F)cc2C1)c1cncnc1C1CC1. The number of nitrogens with one attached hydrogen (secondary N) is 1. The van der Waals surface area contributed by atoms with Gasteiger partial charge >= 0.3 is 0 Å². The second kappa shape index (κ2) is 5.61. The van der Waals surface area contributed by atoms with Crippen LogP contribution in [0.25, 0.3) is 0 Å². The van der Waals surface area contributed by atoms with Crippen LogP contribution in [0.2, 0.25) is 0 Å². The molecular weight excluding hydrogens is 297 g/mol. The van der Waals surface area contributed by atoms with Crippen LogP contribution in [0.15, 0.2) is 30.7 Å². The number of aromatic nitrogens is 2. The van der Waals surface area contributed by atoms with Gasteiger partial charge in [0.15, 0.2) is 0 Å². The number of amides is 1. The van der Waals surface area contributed by atoms with Crippen LogP contribution in [0.5, 0.6) is 5.75 Å². The van der Waals surface area contributed by atoms with Crippen molar-refractivity contribution >= 4 is 5.91 Å². The van der Waals surface area contributed by atoms with Crippen molar-refractivity contribution in [1.82, 2.24) is 15.3 Å². The Morgan fingerprint density at radius 1 is 1.35 bits per heavy atom. The van der Waals surface area contributed by atoms with Crippen LogP contribution in [0.1, 0.15) is 40.4 Å². The highest BCUT2D eigenvalue weighted by Gasteiger charge is 2.30. The lowest BCUT2D eigenvalue weighted by atomic mass is 10.0. The summed E-state index contributed by atoms with van der Waals surface area (Å²) in [5.74, 6) is 0.558. The number of nitrogens with zero attached hydrogens (tertiary/aromatic N) is 2. The summed E-state index contributed by atoms with van der Waals surface area (Å²) in [6.45, 7) is 0.372. The quantitative estimate of drug-likeness (QED) is 0.944. The van der Waals surface area contributed by atoms with Crippen LogP contribution in [0.4, 0.5) is 4.39 Å². The van der Waals surface area contributed by atoms with Crippen LogP contribution in [0, 0.1) is 5.82 Å². The van der Waals surface area contributed by atoms with Gasteiger partial charge in [-0.25, -0.2) is 14.4 Å². The molecular formula is C17H16FN3O2. The molecule has 1 saturated carbocycles. The van der Waals surface area contributed by atoms with E-state index >= 15 is 0 Å². The Bertz CT molecular complexity index is 761. The maximum atomic E-state index is 13.3. The molecule has 1 aromatic carbocycles. The summed E-state index contributed by atoms with van der Waals surface area (Å²) in [5, 5.41) is 2.95. The molecule has 1 amide bonds. The molecule has 0 spiro atoms. The third-order valence-corrected chi connectivity index (χ3v) is 4.22. The largest absolute Gasteiger partial charge is 0.491 e. The van der Waals surface area contributed by atoms with Crippen LogP contribution < -0.4 is 10.1 Å². The molecule has 5 nitrogen and oxygen atoms in total. The summed E-state index contributed by atoms with van der Waals surface area (Å²) in [4.78, 5) is 20.7. The molecule has 1 atom stereocenters. The summed E-state index contributed by atoms with van der Waals surface area (Å²) >= 11 is 0. The fraction of sp³-hybridized carbons (Fsp3) is 0.353. The van der Waals surface area contributed by atoms with E-state index in [1.54, 1.807) is 12.3 Å². The Kier molecular flexibility index (Phi) is 3.44. The van der Waals surface area contributed by atoms with Crippen molar-refractivity contribution in [2.75, 3.05) is 6.61 Å². The number of fused-ring (bicyclic) bond motifs is 1. The zero-order chi connectivity index (χ0) is 15.8. The van der Waals surface area contributed by atoms with Crippen molar-refractivity contribution in [3.63, 3.8) is 0 Å². The average Bonchev–Trinajstić information content (AvgIpc) is 3.39. The molecule has 1 N–H and O–H groups in total. The maximum Gasteiger partial charge on any atom is 0.255 e. The van der Waals surface area contributed by atoms with Crippen molar-refractivity contribution in [1.29, 1.82) is 0 Å². The predicted molar refractivity (Wildman–Crippen MR) is 80.9 cm³/mol. The third kappa shape index (κ3) is 2.88. The Balaban J connectivity index is 1.50. The Morgan fingerprint density at radius 2 is 2.22 bits per heavy atom. The molecule has 2 heterocycles. The van der Waals surface area contributed by atoms with E-state index in [4.69, 9.17) is 4.74 Å². The number of hydrogen-bond donors (Lipinski definition) is 1. The number of hydrogen-bond acceptors (Lipinski definition) is 4. The molecule has 0 unspecified atom stereocenters. The van der Waals surface area contributed by atoms with Gasteiger partial charge in [-0.15, -0.1) is 0 Å². The molecule has 2 aliphatic rings. The van der Waals surface area contributed by atoms with Gasteiger partial charge < -0.3 is 10.1 Å². The van der Waals surface area contributed by atoms with E-state index in [2.05, 4.69) is 15.3 Å². The minimum absolute atomic E-state index is 0.191. The van der Waals surface area contributed by atoms with Crippen molar-refractivity contribution in [2.24, 2.45) is 0 Å². The van der Waals surface area contributed by atoms with Gasteiger partial charge in [0.25, 0.3) is 5.91 Å². The van der Waals surface area contributed by atoms with Crippen LogP contribution >= 0.6 is 0 Å². The lowest BCUT2D eigenvalue weighted by Crippen LogP contribution is -2.43. The van der Waals surface area contributed by atoms with E-state index < -0.39 is 0 Å². The van der Waals surface area contributed by atoms with E-state index in [1.165, 1.54) is 18.5 Å². The molecule has 6 heteroatoms. The zero-order valence-corrected chi connectivity index (χ0v) is 12.5. The minimum atomic E-state index is -0.299. The van der Waals surface area contributed by atoms with Gasteiger partial charge in [0.2, 0.25) is 0 Å². The van der Waals surface area contributed by atoms with Gasteiger partial charge in [0.05, 0.1) is 17.3 Å². The van der Waals surface area contributed by atoms with Gasteiger partial charge in [-0.2, -0.15) is 0 Å². The Hall–Kier alpha value is -2.50. The highest BCUT2D eigenvalue weighted by molar-refractivity contribution is 5.95. The molecule has 0 saturated heterocycles. The number of halogens is 1. The summed E-state index contributed by atoms with van der Waals surface area (Å²) in [6, 6.07) is 4.26. The number of ether oxygens (including phenoxy) is 1. The normalized spacial score (nSPS) is 19.6. The molecule has 1 aromatic heterocycles. The lowest BCUT2D eigenvalue weighted by Gasteiger charge is -2.26. The van der Waals surface area contributed by atoms with Gasteiger partial charge in [-0.05, 0) is 43.0 Å². The number of carbonyl (C=O) groups excluding carboxylic acids is 1. The standard InChI is InChI=1S/C17H16FN3O2/c18-12-3-4-15-11(5-12)6-13(8-23-15)21-17(22)14-7-19-9-20-16(14)10-1-2-10/h3-5,7,9-10,13H,1-2,6,8H2,(H,21,22)/t13-/m1/s1. The highest BCUT2D eigenvalue weighted by atomic mass is 19.1. The second-order valence-electron chi connectivity index (χ2n) is 6.03. The molecule has 0 bridgehead atoms. The molecule has 1 aliphatic carbocycles. The third-order valence-electron chi connectivity index (χ3n) is 4.22. The Morgan fingerprint density at radius 3 is 3.04 bits per heavy atom. The van der Waals surface area contributed by atoms with Gasteiger partial charge in [-0.1, -0.05) is 0 Å². The fourth-order valence-corrected chi connectivity index (χ4v) is 2.92. The van der Waals surface area contributed by atoms with Crippen molar-refractivity contribution in [2.45, 2.75) is 31.2 Å². The molecule has 1 fully saturated rings. The highest BCUT2D eigenvalue weighted by Crippen LogP contribution is 2.40. The predicted octanol–water partition coefficient (Wildman–Crippen LogP) is 2.23. The molecule has 2 aromatic rings. The summed E-state index contributed by atoms with van der Waals surface area (Å²) < 4.78 is 18.9. The fourth-order valence-electron chi connectivity index (χ4n) is 2.92. The van der Waals surface area contributed by atoms with Gasteiger partial charge in [0.1, 0.15) is 24.5 Å². The first-order chi connectivity index (χ1) is 11.2. The van der Waals surface area contributed by atoms with Crippen molar-refractivity contribution < 1.29 is 13.9 Å². The van der Waals surface area contributed by atoms with E-state index in [-0.39, 0.29) is 17.8 Å². The van der Waals surface area contributed by atoms with Crippen LogP contribution in [-0.4, -0.2) is 28.5 Å². The van der Waals surface area contributed by atoms with Crippen molar-refractivity contribution in [3.8, 4) is 5.75 Å². The average molecular weight is 313 g/mol. The molecule has 1 aliphatic heterocycles. The second-order valence-corrected chi connectivity index (χ2v) is 6.03. The summed E-state index contributed by atoms with van der Waals surface area (Å²) in [5.41, 5.74) is 2.12. The number of carbonyl (C=O) groups is 1. The monoisotopic (exact) mass is 313 g/mol. The summed E-state index contributed by atoms with van der Waals surface area (Å²) in [6.07, 6.45) is 5.72. The summed E-state index contributed by atoms with van der Waals surface area (Å²) in [7, 11) is 0.